The molecule has 0 aliphatic carbocycles. The summed E-state index contributed by atoms with van der Waals surface area (Å²) in [5, 5.41) is 0. The van der Waals surface area contributed by atoms with Crippen LogP contribution in [0.3, 0.4) is 0 Å². The minimum absolute atomic E-state index is 0.607. The van der Waals surface area contributed by atoms with Crippen LogP contribution in [0.25, 0.3) is 0 Å². The van der Waals surface area contributed by atoms with E-state index in [4.69, 9.17) is 5.73 Å². The number of hydrogen-bond acceptors (Lipinski definition) is 3. The van der Waals surface area contributed by atoms with Crippen molar-refractivity contribution < 1.29 is 0 Å². The molecular weight excluding hydrogens is 254 g/mol. The highest BCUT2D eigenvalue weighted by molar-refractivity contribution is 9.11. The van der Waals surface area contributed by atoms with Gasteiger partial charge in [-0.25, -0.2) is 0 Å². The molecule has 1 heterocycles. The molecule has 1 aromatic heterocycles. The molecule has 1 rings (SSSR count). The van der Waals surface area contributed by atoms with E-state index < -0.39 is 0 Å². The third-order valence-corrected chi connectivity index (χ3v) is 4.64. The maximum atomic E-state index is 5.52. The van der Waals surface area contributed by atoms with Gasteiger partial charge in [0.2, 0.25) is 0 Å². The molecule has 0 radical (unpaired) electrons. The average Bonchev–Trinajstić information content (AvgIpc) is 2.47. The van der Waals surface area contributed by atoms with E-state index in [2.05, 4.69) is 35.0 Å². The van der Waals surface area contributed by atoms with Crippen molar-refractivity contribution in [2.24, 2.45) is 11.7 Å². The zero-order valence-electron chi connectivity index (χ0n) is 6.92. The van der Waals surface area contributed by atoms with Crippen LogP contribution in [-0.4, -0.2) is 12.3 Å². The van der Waals surface area contributed by atoms with Crippen molar-refractivity contribution in [2.45, 2.75) is 11.1 Å². The summed E-state index contributed by atoms with van der Waals surface area (Å²) in [6.07, 6.45) is 0. The lowest BCUT2D eigenvalue weighted by atomic mass is 10.2. The Hall–Kier alpha value is 0.490. The Morgan fingerprint density at radius 2 is 2.42 bits per heavy atom. The second kappa shape index (κ2) is 5.27. The zero-order valence-corrected chi connectivity index (χ0v) is 10.1. The molecule has 68 valence electrons. The molecule has 0 aliphatic rings. The van der Waals surface area contributed by atoms with E-state index in [-0.39, 0.29) is 0 Å². The summed E-state index contributed by atoms with van der Waals surface area (Å²) in [5.74, 6) is 1.72. The van der Waals surface area contributed by atoms with Gasteiger partial charge in [0.15, 0.2) is 0 Å². The summed E-state index contributed by atoms with van der Waals surface area (Å²) >= 11 is 7.10. The van der Waals surface area contributed by atoms with Gasteiger partial charge < -0.3 is 5.73 Å². The molecule has 0 fully saturated rings. The highest BCUT2D eigenvalue weighted by Gasteiger charge is 2.02. The van der Waals surface area contributed by atoms with Crippen LogP contribution in [0.4, 0.5) is 0 Å². The van der Waals surface area contributed by atoms with Crippen molar-refractivity contribution in [1.29, 1.82) is 0 Å². The summed E-state index contributed by atoms with van der Waals surface area (Å²) in [7, 11) is 0. The van der Waals surface area contributed by atoms with Crippen LogP contribution < -0.4 is 5.73 Å². The van der Waals surface area contributed by atoms with Crippen molar-refractivity contribution in [3.63, 3.8) is 0 Å². The van der Waals surface area contributed by atoms with Crippen LogP contribution in [0.1, 0.15) is 6.92 Å². The molecule has 0 bridgehead atoms. The van der Waals surface area contributed by atoms with E-state index in [0.29, 0.717) is 5.92 Å². The van der Waals surface area contributed by atoms with Crippen LogP contribution in [0, 0.1) is 5.92 Å². The van der Waals surface area contributed by atoms with Crippen molar-refractivity contribution >= 4 is 39.0 Å². The van der Waals surface area contributed by atoms with E-state index in [1.54, 1.807) is 11.3 Å². The fourth-order valence-electron chi connectivity index (χ4n) is 0.668. The first-order valence-electron chi connectivity index (χ1n) is 3.80. The molecule has 4 heteroatoms. The Morgan fingerprint density at radius 1 is 1.67 bits per heavy atom. The van der Waals surface area contributed by atoms with Gasteiger partial charge in [0.25, 0.3) is 0 Å². The predicted molar refractivity (Wildman–Crippen MR) is 61.0 cm³/mol. The van der Waals surface area contributed by atoms with Gasteiger partial charge in [-0.2, -0.15) is 0 Å². The smallest absolute Gasteiger partial charge is 0.0710 e. The van der Waals surface area contributed by atoms with E-state index in [9.17, 15) is 0 Å². The van der Waals surface area contributed by atoms with Crippen LogP contribution in [-0.2, 0) is 0 Å². The lowest BCUT2D eigenvalue weighted by molar-refractivity contribution is 0.676. The maximum absolute atomic E-state index is 5.52. The predicted octanol–water partition coefficient (Wildman–Crippen LogP) is 3.20. The second-order valence-corrected chi connectivity index (χ2v) is 6.49. The molecule has 1 unspecified atom stereocenters. The largest absolute Gasteiger partial charge is 0.330 e. The molecule has 1 atom stereocenters. The maximum Gasteiger partial charge on any atom is 0.0710 e. The van der Waals surface area contributed by atoms with Crippen molar-refractivity contribution in [1.82, 2.24) is 0 Å². The van der Waals surface area contributed by atoms with E-state index >= 15 is 0 Å². The lowest BCUT2D eigenvalue weighted by Gasteiger charge is -2.05. The summed E-state index contributed by atoms with van der Waals surface area (Å²) in [4.78, 5) is 0. The molecule has 0 amide bonds. The van der Waals surface area contributed by atoms with Crippen LogP contribution in [0.5, 0.6) is 0 Å². The standard InChI is InChI=1S/C8H12BrNS2/c1-6(4-10)5-11-8-3-2-7(9)12-8/h2-3,6H,4-5,10H2,1H3. The SMILES string of the molecule is CC(CN)CSc1ccc(Br)s1. The normalized spacial score (nSPS) is 13.2. The molecule has 0 saturated heterocycles. The zero-order chi connectivity index (χ0) is 8.97. The number of halogens is 1. The Morgan fingerprint density at radius 3 is 2.92 bits per heavy atom. The Kier molecular flexibility index (Phi) is 4.64. The Bertz CT molecular complexity index is 237. The fraction of sp³-hybridized carbons (Fsp3) is 0.500. The molecule has 0 spiro atoms. The van der Waals surface area contributed by atoms with Crippen LogP contribution >= 0.6 is 39.0 Å². The van der Waals surface area contributed by atoms with E-state index in [0.717, 1.165) is 12.3 Å². The minimum Gasteiger partial charge on any atom is -0.330 e. The van der Waals surface area contributed by atoms with Crippen molar-refractivity contribution in [3.05, 3.63) is 15.9 Å². The third kappa shape index (κ3) is 3.47. The molecule has 0 saturated carbocycles. The minimum atomic E-state index is 0.607. The highest BCUT2D eigenvalue weighted by Crippen LogP contribution is 2.31. The Labute approximate surface area is 89.9 Å². The monoisotopic (exact) mass is 265 g/mol. The molecule has 12 heavy (non-hydrogen) atoms. The first-order chi connectivity index (χ1) is 5.72. The lowest BCUT2D eigenvalue weighted by Crippen LogP contribution is -2.12. The van der Waals surface area contributed by atoms with Gasteiger partial charge in [-0.1, -0.05) is 6.92 Å². The van der Waals surface area contributed by atoms with E-state index in [1.165, 1.54) is 8.00 Å². The van der Waals surface area contributed by atoms with Crippen molar-refractivity contribution in [2.75, 3.05) is 12.3 Å². The molecular formula is C8H12BrNS2. The van der Waals surface area contributed by atoms with Gasteiger partial charge in [0.1, 0.15) is 0 Å². The highest BCUT2D eigenvalue weighted by atomic mass is 79.9. The molecule has 1 nitrogen and oxygen atoms in total. The quantitative estimate of drug-likeness (QED) is 0.847. The fourth-order valence-corrected chi connectivity index (χ4v) is 3.57. The first-order valence-corrected chi connectivity index (χ1v) is 6.40. The number of thioether (sulfide) groups is 1. The van der Waals surface area contributed by atoms with Crippen molar-refractivity contribution in [3.8, 4) is 0 Å². The summed E-state index contributed by atoms with van der Waals surface area (Å²) < 4.78 is 2.56. The topological polar surface area (TPSA) is 26.0 Å². The second-order valence-electron chi connectivity index (χ2n) is 2.71. The van der Waals surface area contributed by atoms with Gasteiger partial charge in [-0.3, -0.25) is 0 Å². The van der Waals surface area contributed by atoms with Crippen LogP contribution in [0.15, 0.2) is 20.1 Å². The first kappa shape index (κ1) is 10.6. The van der Waals surface area contributed by atoms with Gasteiger partial charge in [-0.05, 0) is 40.5 Å². The number of thiophene rings is 1. The third-order valence-electron chi connectivity index (χ3n) is 1.46. The van der Waals surface area contributed by atoms with Gasteiger partial charge in [0, 0.05) is 5.75 Å². The number of rotatable bonds is 4. The summed E-state index contributed by atoms with van der Waals surface area (Å²) in [5.41, 5.74) is 5.52. The summed E-state index contributed by atoms with van der Waals surface area (Å²) in [6, 6.07) is 4.22. The Balaban J connectivity index is 2.33. The molecule has 2 N–H and O–H groups in total. The molecule has 1 aromatic rings. The van der Waals surface area contributed by atoms with Gasteiger partial charge in [-0.15, -0.1) is 23.1 Å². The number of hydrogen-bond donors (Lipinski definition) is 1. The summed E-state index contributed by atoms with van der Waals surface area (Å²) in [6.45, 7) is 2.95. The van der Waals surface area contributed by atoms with Crippen LogP contribution in [0.2, 0.25) is 0 Å². The number of nitrogens with two attached hydrogens (primary N) is 1. The molecule has 0 aliphatic heterocycles. The van der Waals surface area contributed by atoms with Gasteiger partial charge in [0.05, 0.1) is 8.00 Å². The van der Waals surface area contributed by atoms with Gasteiger partial charge >= 0.3 is 0 Å². The molecule has 0 aromatic carbocycles. The average molecular weight is 266 g/mol. The van der Waals surface area contributed by atoms with E-state index in [1.807, 2.05) is 11.8 Å².